The van der Waals surface area contributed by atoms with Crippen LogP contribution in [-0.4, -0.2) is 32.2 Å². The van der Waals surface area contributed by atoms with E-state index in [9.17, 15) is 18.7 Å². The van der Waals surface area contributed by atoms with Crippen molar-refractivity contribution in [2.75, 3.05) is 6.54 Å². The first-order valence-electron chi connectivity index (χ1n) is 9.04. The Bertz CT molecular complexity index is 1000. The van der Waals surface area contributed by atoms with Crippen LogP contribution >= 0.6 is 0 Å². The van der Waals surface area contributed by atoms with E-state index in [1.807, 2.05) is 30.3 Å². The zero-order valence-corrected chi connectivity index (χ0v) is 15.1. The van der Waals surface area contributed by atoms with Gasteiger partial charge in [0.2, 0.25) is 0 Å². The van der Waals surface area contributed by atoms with Crippen LogP contribution in [0.25, 0.3) is 0 Å². The molecule has 1 amide bonds. The Morgan fingerprint density at radius 3 is 2.68 bits per heavy atom. The number of aliphatic hydroxyl groups excluding tert-OH is 1. The van der Waals surface area contributed by atoms with Gasteiger partial charge in [-0.1, -0.05) is 30.3 Å². The number of carbonyl (C=O) groups is 1. The van der Waals surface area contributed by atoms with Gasteiger partial charge in [-0.15, -0.1) is 0 Å². The lowest BCUT2D eigenvalue weighted by Crippen LogP contribution is -2.38. The van der Waals surface area contributed by atoms with Crippen molar-refractivity contribution in [2.24, 2.45) is 0 Å². The van der Waals surface area contributed by atoms with Gasteiger partial charge in [0.25, 0.3) is 5.91 Å². The Balaban J connectivity index is 1.50. The van der Waals surface area contributed by atoms with Gasteiger partial charge in [0, 0.05) is 13.0 Å². The normalized spacial score (nSPS) is 14.6. The van der Waals surface area contributed by atoms with Crippen LogP contribution in [0, 0.1) is 11.6 Å². The Morgan fingerprint density at radius 1 is 1.11 bits per heavy atom. The molecule has 0 spiro atoms. The van der Waals surface area contributed by atoms with E-state index in [1.54, 1.807) is 10.7 Å². The van der Waals surface area contributed by atoms with Crippen LogP contribution in [0.3, 0.4) is 0 Å². The van der Waals surface area contributed by atoms with Crippen molar-refractivity contribution in [3.05, 3.63) is 88.7 Å². The van der Waals surface area contributed by atoms with Gasteiger partial charge in [-0.25, -0.2) is 8.78 Å². The summed E-state index contributed by atoms with van der Waals surface area (Å²) in [6.45, 7) is 0.980. The molecule has 0 saturated carbocycles. The molecule has 1 aromatic heterocycles. The smallest absolute Gasteiger partial charge is 0.257 e. The molecule has 2 aromatic carbocycles. The fraction of sp³-hybridized carbons (Fsp3) is 0.238. The van der Waals surface area contributed by atoms with Crippen molar-refractivity contribution in [1.29, 1.82) is 0 Å². The summed E-state index contributed by atoms with van der Waals surface area (Å²) in [5.41, 5.74) is 2.00. The van der Waals surface area contributed by atoms with Crippen molar-refractivity contribution in [1.82, 2.24) is 14.7 Å². The van der Waals surface area contributed by atoms with Crippen LogP contribution in [-0.2, 0) is 19.5 Å². The molecule has 0 fully saturated rings. The molecule has 0 radical (unpaired) electrons. The molecule has 4 rings (SSSR count). The van der Waals surface area contributed by atoms with Crippen LogP contribution in [0.2, 0.25) is 0 Å². The minimum Gasteiger partial charge on any atom is -0.386 e. The second kappa shape index (κ2) is 7.52. The van der Waals surface area contributed by atoms with Crippen LogP contribution in [0.1, 0.15) is 33.4 Å². The van der Waals surface area contributed by atoms with Crippen molar-refractivity contribution in [3.8, 4) is 0 Å². The van der Waals surface area contributed by atoms with E-state index in [2.05, 4.69) is 5.10 Å². The molecule has 1 aliphatic heterocycles. The van der Waals surface area contributed by atoms with Gasteiger partial charge < -0.3 is 10.0 Å². The predicted octanol–water partition coefficient (Wildman–Crippen LogP) is 3.09. The maximum atomic E-state index is 13.9. The Hall–Kier alpha value is -3.06. The van der Waals surface area contributed by atoms with Gasteiger partial charge in [-0.2, -0.15) is 5.10 Å². The number of carbonyl (C=O) groups excluding carboxylic acids is 1. The van der Waals surface area contributed by atoms with Gasteiger partial charge in [0.15, 0.2) is 0 Å². The Kier molecular flexibility index (Phi) is 4.92. The molecule has 0 saturated heterocycles. The molecule has 144 valence electrons. The summed E-state index contributed by atoms with van der Waals surface area (Å²) < 4.78 is 29.1. The third-order valence-corrected chi connectivity index (χ3v) is 4.88. The number of hydrogen-bond donors (Lipinski definition) is 1. The second-order valence-electron chi connectivity index (χ2n) is 6.84. The topological polar surface area (TPSA) is 58.4 Å². The first-order chi connectivity index (χ1) is 13.5. The number of nitrogens with zero attached hydrogens (tertiary/aromatic N) is 3. The summed E-state index contributed by atoms with van der Waals surface area (Å²) in [5, 5.41) is 14.9. The molecule has 1 unspecified atom stereocenters. The van der Waals surface area contributed by atoms with E-state index in [1.165, 1.54) is 4.90 Å². The summed E-state index contributed by atoms with van der Waals surface area (Å²) in [7, 11) is 0. The SMILES string of the molecule is O=C(c1cc(F)ccc1F)N1CCn2nc(C(O)Cc3ccccc3)cc2C1. The number of aliphatic hydroxyl groups is 1. The lowest BCUT2D eigenvalue weighted by atomic mass is 10.1. The minimum absolute atomic E-state index is 0.222. The second-order valence-corrected chi connectivity index (χ2v) is 6.84. The largest absolute Gasteiger partial charge is 0.386 e. The molecule has 1 N–H and O–H groups in total. The Labute approximate surface area is 160 Å². The standard InChI is InChI=1S/C21H19F2N3O2/c22-15-6-7-18(23)17(11-15)21(28)25-8-9-26-16(13-25)12-19(24-26)20(27)10-14-4-2-1-3-5-14/h1-7,11-12,20,27H,8-10,13H2. The number of aromatic nitrogens is 2. The molecule has 1 aliphatic rings. The number of amides is 1. The lowest BCUT2D eigenvalue weighted by Gasteiger charge is -2.27. The van der Waals surface area contributed by atoms with E-state index in [-0.39, 0.29) is 12.1 Å². The molecular weight excluding hydrogens is 364 g/mol. The van der Waals surface area contributed by atoms with E-state index in [4.69, 9.17) is 0 Å². The molecule has 28 heavy (non-hydrogen) atoms. The number of halogens is 2. The third kappa shape index (κ3) is 3.66. The molecule has 0 aliphatic carbocycles. The first kappa shape index (κ1) is 18.3. The van der Waals surface area contributed by atoms with Crippen molar-refractivity contribution < 1.29 is 18.7 Å². The number of fused-ring (bicyclic) bond motifs is 1. The summed E-state index contributed by atoms with van der Waals surface area (Å²) in [6, 6.07) is 14.2. The van der Waals surface area contributed by atoms with Crippen LogP contribution < -0.4 is 0 Å². The average molecular weight is 383 g/mol. The highest BCUT2D eigenvalue weighted by Crippen LogP contribution is 2.23. The van der Waals surface area contributed by atoms with Gasteiger partial charge in [-0.05, 0) is 29.8 Å². The molecular formula is C21H19F2N3O2. The highest BCUT2D eigenvalue weighted by Gasteiger charge is 2.26. The molecule has 0 bridgehead atoms. The number of hydrogen-bond acceptors (Lipinski definition) is 3. The molecule has 7 heteroatoms. The van der Waals surface area contributed by atoms with Gasteiger partial charge >= 0.3 is 0 Å². The summed E-state index contributed by atoms with van der Waals surface area (Å²) in [6.07, 6.45) is -0.320. The van der Waals surface area contributed by atoms with E-state index < -0.39 is 23.6 Å². The quantitative estimate of drug-likeness (QED) is 0.753. The monoisotopic (exact) mass is 383 g/mol. The number of rotatable bonds is 4. The molecule has 1 atom stereocenters. The van der Waals surface area contributed by atoms with Crippen molar-refractivity contribution in [2.45, 2.75) is 25.6 Å². The van der Waals surface area contributed by atoms with E-state index >= 15 is 0 Å². The average Bonchev–Trinajstić information content (AvgIpc) is 3.13. The number of benzene rings is 2. The van der Waals surface area contributed by atoms with Gasteiger partial charge in [0.1, 0.15) is 17.7 Å². The third-order valence-electron chi connectivity index (χ3n) is 4.88. The fourth-order valence-electron chi connectivity index (χ4n) is 3.40. The summed E-state index contributed by atoms with van der Waals surface area (Å²) >= 11 is 0. The van der Waals surface area contributed by atoms with Gasteiger partial charge in [-0.3, -0.25) is 9.48 Å². The summed E-state index contributed by atoms with van der Waals surface area (Å²) in [5.74, 6) is -1.96. The highest BCUT2D eigenvalue weighted by atomic mass is 19.1. The van der Waals surface area contributed by atoms with Crippen LogP contribution in [0.5, 0.6) is 0 Å². The van der Waals surface area contributed by atoms with Gasteiger partial charge in [0.05, 0.1) is 30.0 Å². The van der Waals surface area contributed by atoms with E-state index in [0.29, 0.717) is 25.2 Å². The maximum Gasteiger partial charge on any atom is 0.257 e. The zero-order chi connectivity index (χ0) is 19.7. The molecule has 3 aromatic rings. The maximum absolute atomic E-state index is 13.9. The first-order valence-corrected chi connectivity index (χ1v) is 9.04. The Morgan fingerprint density at radius 2 is 1.89 bits per heavy atom. The van der Waals surface area contributed by atoms with Crippen molar-refractivity contribution >= 4 is 5.91 Å². The highest BCUT2D eigenvalue weighted by molar-refractivity contribution is 5.94. The van der Waals surface area contributed by atoms with Crippen molar-refractivity contribution in [3.63, 3.8) is 0 Å². The van der Waals surface area contributed by atoms with Crippen LogP contribution in [0.15, 0.2) is 54.6 Å². The van der Waals surface area contributed by atoms with Crippen LogP contribution in [0.4, 0.5) is 8.78 Å². The van der Waals surface area contributed by atoms with E-state index in [0.717, 1.165) is 29.5 Å². The minimum atomic E-state index is -0.759. The molecule has 2 heterocycles. The fourth-order valence-corrected chi connectivity index (χ4v) is 3.40. The predicted molar refractivity (Wildman–Crippen MR) is 98.4 cm³/mol. The summed E-state index contributed by atoms with van der Waals surface area (Å²) in [4.78, 5) is 14.1. The molecule has 5 nitrogen and oxygen atoms in total. The lowest BCUT2D eigenvalue weighted by molar-refractivity contribution is 0.0700. The zero-order valence-electron chi connectivity index (χ0n) is 15.1.